The lowest BCUT2D eigenvalue weighted by Crippen LogP contribution is -2.60. The summed E-state index contributed by atoms with van der Waals surface area (Å²) in [5, 5.41) is 20.3. The van der Waals surface area contributed by atoms with E-state index in [2.05, 4.69) is 0 Å². The summed E-state index contributed by atoms with van der Waals surface area (Å²) in [7, 11) is 0. The normalized spacial score (nSPS) is 25.9. The summed E-state index contributed by atoms with van der Waals surface area (Å²) in [5.74, 6) is 0. The molecule has 96 valence electrons. The first-order valence-corrected chi connectivity index (χ1v) is 6.01. The minimum atomic E-state index is -0.258. The quantitative estimate of drug-likeness (QED) is 0.724. The Bertz CT molecular complexity index is 210. The first-order chi connectivity index (χ1) is 7.29. The molecule has 0 unspecified atom stereocenters. The Kier molecular flexibility index (Phi) is 4.35. The van der Waals surface area contributed by atoms with Gasteiger partial charge in [0.15, 0.2) is 0 Å². The van der Waals surface area contributed by atoms with Crippen molar-refractivity contribution >= 4 is 0 Å². The number of ether oxygens (including phenoxy) is 1. The molecule has 0 atom stereocenters. The maximum Gasteiger partial charge on any atom is 0.0611 e. The lowest BCUT2D eigenvalue weighted by molar-refractivity contribution is -0.261. The van der Waals surface area contributed by atoms with Crippen molar-refractivity contribution in [2.45, 2.75) is 64.1 Å². The van der Waals surface area contributed by atoms with Crippen LogP contribution in [-0.4, -0.2) is 45.8 Å². The van der Waals surface area contributed by atoms with Gasteiger partial charge in [0.1, 0.15) is 0 Å². The first kappa shape index (κ1) is 13.9. The molecule has 0 spiro atoms. The van der Waals surface area contributed by atoms with E-state index in [9.17, 15) is 5.21 Å². The van der Waals surface area contributed by atoms with Gasteiger partial charge in [0.05, 0.1) is 6.10 Å². The Hall–Kier alpha value is -0.160. The van der Waals surface area contributed by atoms with Gasteiger partial charge >= 0.3 is 0 Å². The van der Waals surface area contributed by atoms with E-state index in [1.807, 2.05) is 27.7 Å². The maximum atomic E-state index is 10.1. The van der Waals surface area contributed by atoms with Crippen LogP contribution in [0.15, 0.2) is 0 Å². The molecule has 16 heavy (non-hydrogen) atoms. The van der Waals surface area contributed by atoms with Gasteiger partial charge in [-0.1, -0.05) is 0 Å². The van der Waals surface area contributed by atoms with Crippen LogP contribution in [-0.2, 0) is 4.74 Å². The number of nitrogens with zero attached hydrogens (tertiary/aromatic N) is 1. The molecule has 1 heterocycles. The van der Waals surface area contributed by atoms with Crippen molar-refractivity contribution < 1.29 is 15.1 Å². The molecule has 1 aliphatic heterocycles. The van der Waals surface area contributed by atoms with Crippen LogP contribution in [0.25, 0.3) is 0 Å². The van der Waals surface area contributed by atoms with E-state index in [0.29, 0.717) is 13.0 Å². The highest BCUT2D eigenvalue weighted by Crippen LogP contribution is 2.37. The molecule has 1 rings (SSSR count). The van der Waals surface area contributed by atoms with Crippen LogP contribution < -0.4 is 0 Å². The zero-order chi connectivity index (χ0) is 12.4. The summed E-state index contributed by atoms with van der Waals surface area (Å²) in [4.78, 5) is 0. The van der Waals surface area contributed by atoms with Crippen LogP contribution in [0.1, 0.15) is 47.0 Å². The zero-order valence-corrected chi connectivity index (χ0v) is 10.9. The molecule has 0 aliphatic carbocycles. The van der Waals surface area contributed by atoms with Crippen LogP contribution in [0.3, 0.4) is 0 Å². The number of hydrogen-bond donors (Lipinski definition) is 2. The van der Waals surface area contributed by atoms with Gasteiger partial charge in [0.2, 0.25) is 0 Å². The Balaban J connectivity index is 2.57. The third-order valence-electron chi connectivity index (χ3n) is 3.26. The largest absolute Gasteiger partial charge is 0.396 e. The van der Waals surface area contributed by atoms with Gasteiger partial charge in [0, 0.05) is 24.3 Å². The zero-order valence-electron chi connectivity index (χ0n) is 10.9. The molecule has 0 amide bonds. The highest BCUT2D eigenvalue weighted by atomic mass is 16.5. The molecular weight excluding hydrogens is 206 g/mol. The summed E-state index contributed by atoms with van der Waals surface area (Å²) < 4.78 is 5.75. The molecule has 1 fully saturated rings. The topological polar surface area (TPSA) is 52.9 Å². The van der Waals surface area contributed by atoms with E-state index < -0.39 is 0 Å². The fourth-order valence-corrected chi connectivity index (χ4v) is 2.61. The number of hydrogen-bond acceptors (Lipinski definition) is 4. The fourth-order valence-electron chi connectivity index (χ4n) is 2.61. The molecule has 2 N–H and O–H groups in total. The average Bonchev–Trinajstić information content (AvgIpc) is 2.14. The second-order valence-corrected chi connectivity index (χ2v) is 5.91. The van der Waals surface area contributed by atoms with Crippen LogP contribution in [0.4, 0.5) is 0 Å². The van der Waals surface area contributed by atoms with E-state index in [1.54, 1.807) is 0 Å². The van der Waals surface area contributed by atoms with Gasteiger partial charge in [-0.25, -0.2) is 0 Å². The molecule has 0 aromatic carbocycles. The summed E-state index contributed by atoms with van der Waals surface area (Å²) in [6.45, 7) is 8.86. The molecular formula is C12H25NO3. The number of aliphatic hydroxyl groups excluding tert-OH is 1. The summed E-state index contributed by atoms with van der Waals surface area (Å²) >= 11 is 0. The lowest BCUT2D eigenvalue weighted by atomic mass is 9.80. The third kappa shape index (κ3) is 3.17. The van der Waals surface area contributed by atoms with Crippen molar-refractivity contribution in [2.75, 3.05) is 13.2 Å². The summed E-state index contributed by atoms with van der Waals surface area (Å²) in [6, 6.07) is 0. The standard InChI is InChI=1S/C12H25NO3/c1-11(2)8-10(16-7-5-6-14)9-12(3,4)13(11)15/h10,14-15H,5-9H2,1-4H3. The highest BCUT2D eigenvalue weighted by Gasteiger charge is 2.45. The first-order valence-electron chi connectivity index (χ1n) is 6.01. The van der Waals surface area contributed by atoms with Crippen LogP contribution in [0, 0.1) is 0 Å². The van der Waals surface area contributed by atoms with Gasteiger partial charge in [-0.3, -0.25) is 0 Å². The number of rotatable bonds is 4. The molecule has 1 saturated heterocycles. The SMILES string of the molecule is CC1(C)CC(OCCCO)CC(C)(C)N1O. The highest BCUT2D eigenvalue weighted by molar-refractivity contribution is 4.96. The van der Waals surface area contributed by atoms with Crippen molar-refractivity contribution in [3.63, 3.8) is 0 Å². The van der Waals surface area contributed by atoms with Crippen molar-refractivity contribution in [2.24, 2.45) is 0 Å². The molecule has 1 aliphatic rings. The van der Waals surface area contributed by atoms with E-state index >= 15 is 0 Å². The van der Waals surface area contributed by atoms with Crippen molar-refractivity contribution in [3.05, 3.63) is 0 Å². The van der Waals surface area contributed by atoms with Gasteiger partial charge in [-0.15, -0.1) is 0 Å². The van der Waals surface area contributed by atoms with E-state index in [-0.39, 0.29) is 23.8 Å². The minimum Gasteiger partial charge on any atom is -0.396 e. The minimum absolute atomic E-state index is 0.167. The van der Waals surface area contributed by atoms with E-state index in [0.717, 1.165) is 12.8 Å². The van der Waals surface area contributed by atoms with E-state index in [4.69, 9.17) is 9.84 Å². The predicted molar refractivity (Wildman–Crippen MR) is 62.5 cm³/mol. The molecule has 0 saturated carbocycles. The second-order valence-electron chi connectivity index (χ2n) is 5.91. The monoisotopic (exact) mass is 231 g/mol. The van der Waals surface area contributed by atoms with Crippen molar-refractivity contribution in [3.8, 4) is 0 Å². The second kappa shape index (κ2) is 5.00. The van der Waals surface area contributed by atoms with Gasteiger partial charge in [0.25, 0.3) is 0 Å². The third-order valence-corrected chi connectivity index (χ3v) is 3.26. The molecule has 4 nitrogen and oxygen atoms in total. The summed E-state index contributed by atoms with van der Waals surface area (Å²) in [5.41, 5.74) is -0.517. The number of hydroxylamine groups is 2. The van der Waals surface area contributed by atoms with E-state index in [1.165, 1.54) is 5.06 Å². The maximum absolute atomic E-state index is 10.1. The molecule has 0 aromatic heterocycles. The van der Waals surface area contributed by atoms with Gasteiger partial charge < -0.3 is 15.1 Å². The Morgan fingerprint density at radius 1 is 1.19 bits per heavy atom. The smallest absolute Gasteiger partial charge is 0.0611 e. The summed E-state index contributed by atoms with van der Waals surface area (Å²) in [6.07, 6.45) is 2.48. The lowest BCUT2D eigenvalue weighted by Gasteiger charge is -2.51. The van der Waals surface area contributed by atoms with Crippen LogP contribution >= 0.6 is 0 Å². The number of aliphatic hydroxyl groups is 1. The van der Waals surface area contributed by atoms with Gasteiger partial charge in [-0.05, 0) is 47.0 Å². The predicted octanol–water partition coefficient (Wildman–Crippen LogP) is 1.80. The molecule has 0 bridgehead atoms. The van der Waals surface area contributed by atoms with Crippen LogP contribution in [0.2, 0.25) is 0 Å². The molecule has 0 aromatic rings. The fraction of sp³-hybridized carbons (Fsp3) is 1.00. The average molecular weight is 231 g/mol. The Morgan fingerprint density at radius 2 is 1.69 bits per heavy atom. The van der Waals surface area contributed by atoms with Crippen LogP contribution in [0.5, 0.6) is 0 Å². The van der Waals surface area contributed by atoms with Crippen molar-refractivity contribution in [1.82, 2.24) is 5.06 Å². The van der Waals surface area contributed by atoms with Gasteiger partial charge in [-0.2, -0.15) is 5.06 Å². The number of piperidine rings is 1. The Labute approximate surface area is 98.2 Å². The molecule has 0 radical (unpaired) electrons. The van der Waals surface area contributed by atoms with Crippen molar-refractivity contribution in [1.29, 1.82) is 0 Å². The molecule has 4 heteroatoms. The Morgan fingerprint density at radius 3 is 2.12 bits per heavy atom.